The van der Waals surface area contributed by atoms with Crippen LogP contribution in [0.3, 0.4) is 0 Å². The second-order valence-electron chi connectivity index (χ2n) is 8.04. The molecule has 0 bridgehead atoms. The van der Waals surface area contributed by atoms with Crippen LogP contribution in [0.15, 0.2) is 54.6 Å². The lowest BCUT2D eigenvalue weighted by molar-refractivity contribution is -1.02. The van der Waals surface area contributed by atoms with E-state index in [0.717, 1.165) is 37.3 Å². The molecule has 2 aromatic carbocycles. The van der Waals surface area contributed by atoms with Gasteiger partial charge in [0.25, 0.3) is 0 Å². The van der Waals surface area contributed by atoms with E-state index < -0.39 is 11.8 Å². The fourth-order valence-corrected chi connectivity index (χ4v) is 3.90. The Morgan fingerprint density at radius 1 is 0.933 bits per heavy atom. The van der Waals surface area contributed by atoms with Crippen LogP contribution in [-0.2, 0) is 9.59 Å². The normalized spacial score (nSPS) is 20.8. The molecule has 2 atom stereocenters. The minimum absolute atomic E-state index is 0.0259. The summed E-state index contributed by atoms with van der Waals surface area (Å²) in [5, 5.41) is 5.53. The van der Waals surface area contributed by atoms with Gasteiger partial charge < -0.3 is 20.4 Å². The van der Waals surface area contributed by atoms with Crippen molar-refractivity contribution in [1.82, 2.24) is 10.6 Å². The van der Waals surface area contributed by atoms with Crippen molar-refractivity contribution in [2.24, 2.45) is 0 Å². The molecular weight excluding hydrogens is 383 g/mol. The maximum absolute atomic E-state index is 13.4. The molecule has 0 spiro atoms. The quantitative estimate of drug-likeness (QED) is 0.471. The molecule has 2 amide bonds. The van der Waals surface area contributed by atoms with Gasteiger partial charge in [0.15, 0.2) is 0 Å². The fraction of sp³-hybridized carbons (Fsp3) is 0.391. The number of rotatable bonds is 6. The molecule has 0 radical (unpaired) electrons. The van der Waals surface area contributed by atoms with E-state index in [4.69, 9.17) is 0 Å². The Morgan fingerprint density at radius 2 is 1.57 bits per heavy atom. The summed E-state index contributed by atoms with van der Waals surface area (Å²) in [6.45, 7) is 6.17. The largest absolute Gasteiger partial charge is 0.341 e. The van der Waals surface area contributed by atoms with Gasteiger partial charge in [0, 0.05) is 5.56 Å². The third kappa shape index (κ3) is 5.87. The Labute approximate surface area is 177 Å². The number of amides is 2. The zero-order chi connectivity index (χ0) is 21.5. The first-order valence-electron chi connectivity index (χ1n) is 10.5. The molecule has 6 nitrogen and oxygen atoms in total. The standard InChI is InChI=1S/C23H29FN4O2/c1-17(18-6-4-3-5-7-18)26-23(30)22(29)25-16-21(19-8-10-20(24)11-9-19)28-14-12-27(2)13-15-28/h3-11,17,21H,12-16H2,1-2H3,(H,25,29)(H,26,30)/p+2/t17-,21+/m0/s1. The van der Waals surface area contributed by atoms with Gasteiger partial charge in [0.2, 0.25) is 0 Å². The SMILES string of the molecule is C[C@H](NC(=O)C(=O)NC[C@H](c1ccc(F)cc1)[NH+]1CC[NH+](C)CC1)c1ccccc1. The summed E-state index contributed by atoms with van der Waals surface area (Å²) in [6.07, 6.45) is 0. The first-order valence-corrected chi connectivity index (χ1v) is 10.5. The van der Waals surface area contributed by atoms with E-state index in [9.17, 15) is 14.0 Å². The predicted octanol–water partition coefficient (Wildman–Crippen LogP) is -0.726. The van der Waals surface area contributed by atoms with Gasteiger partial charge in [-0.25, -0.2) is 4.39 Å². The second kappa shape index (κ2) is 10.3. The minimum atomic E-state index is -0.651. The van der Waals surface area contributed by atoms with Gasteiger partial charge in [-0.05, 0) is 24.6 Å². The molecule has 30 heavy (non-hydrogen) atoms. The second-order valence-corrected chi connectivity index (χ2v) is 8.04. The molecule has 0 saturated carbocycles. The number of hydrogen-bond acceptors (Lipinski definition) is 2. The molecule has 7 heteroatoms. The van der Waals surface area contributed by atoms with E-state index in [-0.39, 0.29) is 17.9 Å². The predicted molar refractivity (Wildman–Crippen MR) is 112 cm³/mol. The highest BCUT2D eigenvalue weighted by atomic mass is 19.1. The van der Waals surface area contributed by atoms with Crippen molar-refractivity contribution in [3.05, 3.63) is 71.5 Å². The molecular formula is C23H31FN4O2+2. The van der Waals surface area contributed by atoms with Crippen molar-refractivity contribution in [2.45, 2.75) is 19.0 Å². The molecule has 1 heterocycles. The lowest BCUT2D eigenvalue weighted by Gasteiger charge is -2.33. The monoisotopic (exact) mass is 414 g/mol. The molecule has 4 N–H and O–H groups in total. The van der Waals surface area contributed by atoms with Crippen LogP contribution in [0.2, 0.25) is 0 Å². The van der Waals surface area contributed by atoms with Gasteiger partial charge in [-0.3, -0.25) is 9.59 Å². The third-order valence-electron chi connectivity index (χ3n) is 5.83. The number of hydrogen-bond donors (Lipinski definition) is 4. The summed E-state index contributed by atoms with van der Waals surface area (Å²) in [6, 6.07) is 15.6. The van der Waals surface area contributed by atoms with Crippen molar-refractivity contribution in [3.63, 3.8) is 0 Å². The van der Waals surface area contributed by atoms with Crippen LogP contribution >= 0.6 is 0 Å². The van der Waals surface area contributed by atoms with Gasteiger partial charge in [-0.2, -0.15) is 0 Å². The molecule has 3 rings (SSSR count). The topological polar surface area (TPSA) is 67.1 Å². The Balaban J connectivity index is 1.62. The molecule has 2 aromatic rings. The van der Waals surface area contributed by atoms with Gasteiger partial charge in [-0.15, -0.1) is 0 Å². The van der Waals surface area contributed by atoms with Crippen molar-refractivity contribution in [2.75, 3.05) is 39.8 Å². The molecule has 1 saturated heterocycles. The molecule has 0 unspecified atom stereocenters. The van der Waals surface area contributed by atoms with E-state index in [1.165, 1.54) is 21.9 Å². The number of benzene rings is 2. The smallest absolute Gasteiger partial charge is 0.309 e. The van der Waals surface area contributed by atoms with Gasteiger partial charge >= 0.3 is 11.8 Å². The van der Waals surface area contributed by atoms with Crippen LogP contribution < -0.4 is 20.4 Å². The highest BCUT2D eigenvalue weighted by molar-refractivity contribution is 6.35. The number of nitrogens with one attached hydrogen (secondary N) is 4. The van der Waals surface area contributed by atoms with Crippen LogP contribution in [0.25, 0.3) is 0 Å². The lowest BCUT2D eigenvalue weighted by Crippen LogP contribution is -3.27. The molecule has 1 aliphatic heterocycles. The first kappa shape index (κ1) is 21.9. The minimum Gasteiger partial charge on any atom is -0.341 e. The van der Waals surface area contributed by atoms with E-state index in [0.29, 0.717) is 6.54 Å². The number of likely N-dealkylation sites (N-methyl/N-ethyl adjacent to an activating group) is 1. The van der Waals surface area contributed by atoms with Gasteiger partial charge in [0.05, 0.1) is 19.6 Å². The van der Waals surface area contributed by atoms with Crippen molar-refractivity contribution in [1.29, 1.82) is 0 Å². The van der Waals surface area contributed by atoms with Crippen molar-refractivity contribution >= 4 is 11.8 Å². The Bertz CT molecular complexity index is 836. The summed E-state index contributed by atoms with van der Waals surface area (Å²) in [5.74, 6) is -1.58. The fourth-order valence-electron chi connectivity index (χ4n) is 3.90. The summed E-state index contributed by atoms with van der Waals surface area (Å²) in [7, 11) is 2.17. The van der Waals surface area contributed by atoms with E-state index in [2.05, 4.69) is 17.7 Å². The molecule has 0 aromatic heterocycles. The highest BCUT2D eigenvalue weighted by Gasteiger charge is 2.30. The maximum atomic E-state index is 13.4. The van der Waals surface area contributed by atoms with Crippen molar-refractivity contribution in [3.8, 4) is 0 Å². The lowest BCUT2D eigenvalue weighted by atomic mass is 10.0. The average molecular weight is 415 g/mol. The van der Waals surface area contributed by atoms with E-state index >= 15 is 0 Å². The molecule has 0 aliphatic carbocycles. The summed E-state index contributed by atoms with van der Waals surface area (Å²) in [4.78, 5) is 27.6. The van der Waals surface area contributed by atoms with Gasteiger partial charge in [-0.1, -0.05) is 42.5 Å². The van der Waals surface area contributed by atoms with Crippen molar-refractivity contribution < 1.29 is 23.8 Å². The number of halogens is 1. The van der Waals surface area contributed by atoms with Crippen LogP contribution in [0.5, 0.6) is 0 Å². The van der Waals surface area contributed by atoms with Crippen LogP contribution in [-0.4, -0.2) is 51.6 Å². The highest BCUT2D eigenvalue weighted by Crippen LogP contribution is 2.12. The number of piperazine rings is 1. The zero-order valence-electron chi connectivity index (χ0n) is 17.6. The molecule has 1 aliphatic rings. The summed E-state index contributed by atoms with van der Waals surface area (Å²) in [5.41, 5.74) is 1.90. The summed E-state index contributed by atoms with van der Waals surface area (Å²) >= 11 is 0. The Morgan fingerprint density at radius 3 is 2.20 bits per heavy atom. The maximum Gasteiger partial charge on any atom is 0.309 e. The average Bonchev–Trinajstić information content (AvgIpc) is 2.76. The Hall–Kier alpha value is -2.77. The summed E-state index contributed by atoms with van der Waals surface area (Å²) < 4.78 is 13.4. The van der Waals surface area contributed by atoms with E-state index in [1.807, 2.05) is 37.3 Å². The zero-order valence-corrected chi connectivity index (χ0v) is 17.6. The molecule has 160 valence electrons. The number of quaternary nitrogens is 2. The van der Waals surface area contributed by atoms with Crippen LogP contribution in [0, 0.1) is 5.82 Å². The third-order valence-corrected chi connectivity index (χ3v) is 5.83. The van der Waals surface area contributed by atoms with E-state index in [1.54, 1.807) is 12.1 Å². The van der Waals surface area contributed by atoms with Crippen LogP contribution in [0.4, 0.5) is 4.39 Å². The van der Waals surface area contributed by atoms with Crippen LogP contribution in [0.1, 0.15) is 30.1 Å². The molecule has 1 fully saturated rings. The Kier molecular flexibility index (Phi) is 7.54. The number of carbonyl (C=O) groups excluding carboxylic acids is 2. The first-order chi connectivity index (χ1) is 14.4. The van der Waals surface area contributed by atoms with Gasteiger partial charge in [0.1, 0.15) is 38.0 Å². The number of carbonyl (C=O) groups is 2.